The standard InChI is InChI=1S/C16H16N4O3/c21-16(17-8-15-19-18-9-20(15)12-3-4-12)6-2-11-1-5-13-14(7-11)23-10-22-13/h1-2,5-7,9,12H,3-4,8,10H2,(H,17,21)/b6-2-. The van der Waals surface area contributed by atoms with Crippen molar-refractivity contribution in [1.29, 1.82) is 0 Å². The van der Waals surface area contributed by atoms with Crippen molar-refractivity contribution < 1.29 is 14.3 Å². The third-order valence-electron chi connectivity index (χ3n) is 3.83. The lowest BCUT2D eigenvalue weighted by Gasteiger charge is -2.04. The number of hydrogen-bond donors (Lipinski definition) is 1. The van der Waals surface area contributed by atoms with Gasteiger partial charge < -0.3 is 19.4 Å². The van der Waals surface area contributed by atoms with E-state index >= 15 is 0 Å². The molecule has 2 aromatic rings. The first-order chi connectivity index (χ1) is 11.3. The number of nitrogens with one attached hydrogen (secondary N) is 1. The quantitative estimate of drug-likeness (QED) is 0.850. The third kappa shape index (κ3) is 3.03. The van der Waals surface area contributed by atoms with Crippen LogP contribution in [0.5, 0.6) is 11.5 Å². The minimum Gasteiger partial charge on any atom is -0.454 e. The molecule has 0 saturated heterocycles. The highest BCUT2D eigenvalue weighted by molar-refractivity contribution is 5.91. The van der Waals surface area contributed by atoms with E-state index < -0.39 is 0 Å². The van der Waals surface area contributed by atoms with Crippen molar-refractivity contribution in [3.8, 4) is 11.5 Å². The average Bonchev–Trinajstić information content (AvgIpc) is 3.11. The van der Waals surface area contributed by atoms with Gasteiger partial charge in [-0.3, -0.25) is 4.79 Å². The Bertz CT molecular complexity index is 764. The Balaban J connectivity index is 1.35. The largest absolute Gasteiger partial charge is 0.454 e. The van der Waals surface area contributed by atoms with Crippen molar-refractivity contribution in [3.63, 3.8) is 0 Å². The summed E-state index contributed by atoms with van der Waals surface area (Å²) in [6.07, 6.45) is 7.27. The van der Waals surface area contributed by atoms with Crippen molar-refractivity contribution in [3.05, 3.63) is 42.0 Å². The molecule has 0 unspecified atom stereocenters. The fraction of sp³-hybridized carbons (Fsp3) is 0.312. The van der Waals surface area contributed by atoms with Gasteiger partial charge in [0.1, 0.15) is 6.33 Å². The number of carbonyl (C=O) groups is 1. The highest BCUT2D eigenvalue weighted by Crippen LogP contribution is 2.35. The van der Waals surface area contributed by atoms with E-state index in [9.17, 15) is 4.79 Å². The highest BCUT2D eigenvalue weighted by Gasteiger charge is 2.25. The second-order valence-electron chi connectivity index (χ2n) is 5.55. The van der Waals surface area contributed by atoms with Crippen LogP contribution in [-0.2, 0) is 11.3 Å². The summed E-state index contributed by atoms with van der Waals surface area (Å²) in [6.45, 7) is 0.617. The molecule has 1 fully saturated rings. The van der Waals surface area contributed by atoms with Gasteiger partial charge in [-0.15, -0.1) is 10.2 Å². The van der Waals surface area contributed by atoms with Crippen LogP contribution in [0.1, 0.15) is 30.3 Å². The molecule has 2 aliphatic rings. The van der Waals surface area contributed by atoms with Crippen LogP contribution in [0.3, 0.4) is 0 Å². The zero-order chi connectivity index (χ0) is 15.6. The maximum Gasteiger partial charge on any atom is 0.244 e. The van der Waals surface area contributed by atoms with E-state index in [0.29, 0.717) is 18.3 Å². The molecule has 118 valence electrons. The number of nitrogens with zero attached hydrogens (tertiary/aromatic N) is 3. The average molecular weight is 312 g/mol. The maximum absolute atomic E-state index is 11.9. The molecule has 23 heavy (non-hydrogen) atoms. The van der Waals surface area contributed by atoms with Gasteiger partial charge in [0.2, 0.25) is 12.7 Å². The molecule has 7 nitrogen and oxygen atoms in total. The minimum absolute atomic E-state index is 0.173. The predicted octanol–water partition coefficient (Wildman–Crippen LogP) is 1.67. The number of aromatic nitrogens is 3. The topological polar surface area (TPSA) is 78.3 Å². The van der Waals surface area contributed by atoms with Crippen LogP contribution < -0.4 is 14.8 Å². The lowest BCUT2D eigenvalue weighted by Crippen LogP contribution is -2.22. The van der Waals surface area contributed by atoms with E-state index in [1.54, 1.807) is 12.4 Å². The Morgan fingerprint density at radius 3 is 3.09 bits per heavy atom. The normalized spacial score (nSPS) is 16.0. The van der Waals surface area contributed by atoms with Crippen molar-refractivity contribution in [2.45, 2.75) is 25.4 Å². The molecule has 2 heterocycles. The van der Waals surface area contributed by atoms with Gasteiger partial charge >= 0.3 is 0 Å². The number of carbonyl (C=O) groups excluding carboxylic acids is 1. The van der Waals surface area contributed by atoms with Crippen LogP contribution in [0.25, 0.3) is 6.08 Å². The fourth-order valence-electron chi connectivity index (χ4n) is 2.46. The SMILES string of the molecule is O=C(/C=C\c1ccc2c(c1)OCO2)NCc1nncn1C1CC1. The van der Waals surface area contributed by atoms with Gasteiger partial charge in [0.25, 0.3) is 0 Å². The van der Waals surface area contributed by atoms with Crippen LogP contribution in [0.2, 0.25) is 0 Å². The summed E-state index contributed by atoms with van der Waals surface area (Å²) in [4.78, 5) is 11.9. The molecule has 1 saturated carbocycles. The molecule has 0 spiro atoms. The third-order valence-corrected chi connectivity index (χ3v) is 3.83. The van der Waals surface area contributed by atoms with Gasteiger partial charge in [0.15, 0.2) is 17.3 Å². The van der Waals surface area contributed by atoms with Crippen LogP contribution >= 0.6 is 0 Å². The minimum atomic E-state index is -0.173. The summed E-state index contributed by atoms with van der Waals surface area (Å²) in [5.74, 6) is 2.04. The van der Waals surface area contributed by atoms with Gasteiger partial charge in [-0.1, -0.05) is 6.07 Å². The van der Waals surface area contributed by atoms with Crippen molar-refractivity contribution in [2.24, 2.45) is 0 Å². The molecular formula is C16H16N4O3. The molecule has 1 aliphatic carbocycles. The first kappa shape index (κ1) is 13.8. The molecule has 1 aliphatic heterocycles. The zero-order valence-electron chi connectivity index (χ0n) is 12.4. The van der Waals surface area contributed by atoms with Gasteiger partial charge in [-0.25, -0.2) is 0 Å². The Hall–Kier alpha value is -2.83. The van der Waals surface area contributed by atoms with E-state index in [0.717, 1.165) is 30.0 Å². The second-order valence-corrected chi connectivity index (χ2v) is 5.55. The van der Waals surface area contributed by atoms with Crippen LogP contribution in [-0.4, -0.2) is 27.5 Å². The predicted molar refractivity (Wildman–Crippen MR) is 81.7 cm³/mol. The molecule has 0 atom stereocenters. The first-order valence-electron chi connectivity index (χ1n) is 7.53. The Morgan fingerprint density at radius 1 is 1.35 bits per heavy atom. The van der Waals surface area contributed by atoms with Crippen molar-refractivity contribution in [2.75, 3.05) is 6.79 Å². The molecule has 0 bridgehead atoms. The molecule has 0 radical (unpaired) electrons. The van der Waals surface area contributed by atoms with Crippen molar-refractivity contribution >= 4 is 12.0 Å². The number of fused-ring (bicyclic) bond motifs is 1. The number of benzene rings is 1. The lowest BCUT2D eigenvalue weighted by molar-refractivity contribution is -0.116. The Morgan fingerprint density at radius 2 is 2.22 bits per heavy atom. The molecule has 7 heteroatoms. The maximum atomic E-state index is 11.9. The summed E-state index contributed by atoms with van der Waals surface area (Å²) < 4.78 is 12.6. The van der Waals surface area contributed by atoms with Crippen LogP contribution in [0.15, 0.2) is 30.6 Å². The molecule has 4 rings (SSSR count). The van der Waals surface area contributed by atoms with Gasteiger partial charge in [0.05, 0.1) is 6.54 Å². The molecule has 1 aromatic carbocycles. The van der Waals surface area contributed by atoms with Crippen LogP contribution in [0.4, 0.5) is 0 Å². The number of hydrogen-bond acceptors (Lipinski definition) is 5. The summed E-state index contributed by atoms with van der Waals surface area (Å²) >= 11 is 0. The van der Waals surface area contributed by atoms with Gasteiger partial charge in [0, 0.05) is 12.1 Å². The smallest absolute Gasteiger partial charge is 0.244 e. The summed E-state index contributed by atoms with van der Waals surface area (Å²) in [5.41, 5.74) is 0.880. The first-order valence-corrected chi connectivity index (χ1v) is 7.53. The second kappa shape index (κ2) is 5.75. The fourth-order valence-corrected chi connectivity index (χ4v) is 2.46. The van der Waals surface area contributed by atoms with Gasteiger partial charge in [-0.05, 0) is 36.6 Å². The Labute approximate surface area is 132 Å². The molecule has 1 aromatic heterocycles. The van der Waals surface area contributed by atoms with Gasteiger partial charge in [-0.2, -0.15) is 0 Å². The number of ether oxygens (including phenoxy) is 2. The summed E-state index contributed by atoms with van der Waals surface area (Å²) in [7, 11) is 0. The summed E-state index contributed by atoms with van der Waals surface area (Å²) in [5, 5.41) is 10.8. The molecular weight excluding hydrogens is 296 g/mol. The highest BCUT2D eigenvalue weighted by atomic mass is 16.7. The van der Waals surface area contributed by atoms with E-state index in [2.05, 4.69) is 15.5 Å². The van der Waals surface area contributed by atoms with Crippen LogP contribution in [0, 0.1) is 0 Å². The Kier molecular flexibility index (Phi) is 3.45. The van der Waals surface area contributed by atoms with Crippen molar-refractivity contribution in [1.82, 2.24) is 20.1 Å². The number of rotatable bonds is 5. The van der Waals surface area contributed by atoms with E-state index in [1.165, 1.54) is 6.08 Å². The number of amides is 1. The molecule has 1 N–H and O–H groups in total. The zero-order valence-corrected chi connectivity index (χ0v) is 12.4. The van der Waals surface area contributed by atoms with E-state index in [-0.39, 0.29) is 12.7 Å². The molecule has 1 amide bonds. The van der Waals surface area contributed by atoms with E-state index in [4.69, 9.17) is 9.47 Å². The monoisotopic (exact) mass is 312 g/mol. The van der Waals surface area contributed by atoms with E-state index in [1.807, 2.05) is 22.8 Å². The lowest BCUT2D eigenvalue weighted by atomic mass is 10.2. The summed E-state index contributed by atoms with van der Waals surface area (Å²) in [6, 6.07) is 6.05.